The largest absolute Gasteiger partial charge is 0.462 e. The molecule has 3 rings (SSSR count). The molecule has 2 heterocycles. The molecule has 0 aliphatic carbocycles. The minimum Gasteiger partial charge on any atom is -0.462 e. The van der Waals surface area contributed by atoms with E-state index in [2.05, 4.69) is 0 Å². The maximum atomic E-state index is 13.8. The number of carbonyl (C=O) groups excluding carboxylic acids is 2. The fraction of sp³-hybridized carbons (Fsp3) is 0.333. The second-order valence-corrected chi connectivity index (χ2v) is 6.95. The van der Waals surface area contributed by atoms with Crippen molar-refractivity contribution in [2.24, 2.45) is 0 Å². The number of alkyl halides is 3. The number of fused-ring (bicyclic) bond motifs is 1. The highest BCUT2D eigenvalue weighted by atomic mass is 32.2. The van der Waals surface area contributed by atoms with E-state index in [0.29, 0.717) is 4.90 Å². The average Bonchev–Trinajstić information content (AvgIpc) is 3.12. The topological polar surface area (TPSA) is 66.8 Å². The van der Waals surface area contributed by atoms with Crippen LogP contribution in [0, 0.1) is 0 Å². The molecule has 5 nitrogen and oxygen atoms in total. The van der Waals surface area contributed by atoms with Crippen LogP contribution >= 0.6 is 11.8 Å². The number of halogens is 3. The number of allylic oxidation sites excluding steroid dienone is 2. The van der Waals surface area contributed by atoms with Crippen molar-refractivity contribution in [1.82, 2.24) is 4.90 Å². The molecule has 144 valence electrons. The van der Waals surface area contributed by atoms with Crippen molar-refractivity contribution in [2.45, 2.75) is 18.8 Å². The highest BCUT2D eigenvalue weighted by molar-refractivity contribution is 8.03. The molecule has 1 fully saturated rings. The van der Waals surface area contributed by atoms with Crippen LogP contribution in [0.5, 0.6) is 0 Å². The Bertz CT molecular complexity index is 835. The van der Waals surface area contributed by atoms with E-state index in [1.165, 1.54) is 19.1 Å². The van der Waals surface area contributed by atoms with Crippen LogP contribution in [0.3, 0.4) is 0 Å². The number of thioether (sulfide) groups is 1. The van der Waals surface area contributed by atoms with Crippen molar-refractivity contribution in [3.05, 3.63) is 58.1 Å². The first-order valence-electron chi connectivity index (χ1n) is 8.14. The SMILES string of the molecule is CCOC(=O)C1=CC(C(=O)c2ccccc2)=C2SCCN2C1(O)C(F)(F)F. The van der Waals surface area contributed by atoms with Crippen LogP contribution in [0.1, 0.15) is 17.3 Å². The minimum atomic E-state index is -5.16. The van der Waals surface area contributed by atoms with Gasteiger partial charge in [0.2, 0.25) is 0 Å². The van der Waals surface area contributed by atoms with Crippen molar-refractivity contribution in [1.29, 1.82) is 0 Å². The Labute approximate surface area is 157 Å². The van der Waals surface area contributed by atoms with E-state index in [1.54, 1.807) is 18.2 Å². The first-order chi connectivity index (χ1) is 12.7. The van der Waals surface area contributed by atoms with Gasteiger partial charge in [-0.3, -0.25) is 4.79 Å². The van der Waals surface area contributed by atoms with Gasteiger partial charge in [-0.2, -0.15) is 13.2 Å². The molecule has 0 bridgehead atoms. The lowest BCUT2D eigenvalue weighted by Crippen LogP contribution is -2.61. The molecule has 1 saturated heterocycles. The maximum Gasteiger partial charge on any atom is 0.441 e. The van der Waals surface area contributed by atoms with Crippen LogP contribution in [0.25, 0.3) is 0 Å². The summed E-state index contributed by atoms with van der Waals surface area (Å²) in [4.78, 5) is 25.8. The number of rotatable bonds is 4. The molecule has 2 aliphatic rings. The third kappa shape index (κ3) is 3.14. The van der Waals surface area contributed by atoms with Crippen LogP contribution in [0.4, 0.5) is 13.2 Å². The number of carbonyl (C=O) groups is 2. The number of benzene rings is 1. The van der Waals surface area contributed by atoms with Crippen molar-refractivity contribution < 1.29 is 32.6 Å². The molecule has 9 heteroatoms. The Kier molecular flexibility index (Phi) is 5.09. The molecule has 1 atom stereocenters. The van der Waals surface area contributed by atoms with Gasteiger partial charge in [-0.05, 0) is 13.0 Å². The maximum absolute atomic E-state index is 13.8. The summed E-state index contributed by atoms with van der Waals surface area (Å²) in [7, 11) is 0. The summed E-state index contributed by atoms with van der Waals surface area (Å²) in [6.07, 6.45) is -4.35. The monoisotopic (exact) mass is 399 g/mol. The van der Waals surface area contributed by atoms with Crippen LogP contribution in [-0.2, 0) is 9.53 Å². The van der Waals surface area contributed by atoms with Gasteiger partial charge in [0, 0.05) is 17.9 Å². The lowest BCUT2D eigenvalue weighted by atomic mass is 9.91. The number of nitrogens with zero attached hydrogens (tertiary/aromatic N) is 1. The molecule has 1 N–H and O–H groups in total. The first kappa shape index (κ1) is 19.5. The number of aliphatic hydroxyl groups is 1. The van der Waals surface area contributed by atoms with Crippen LogP contribution < -0.4 is 0 Å². The number of esters is 1. The average molecular weight is 399 g/mol. The Balaban J connectivity index is 2.18. The Morgan fingerprint density at radius 3 is 2.56 bits per heavy atom. The smallest absolute Gasteiger partial charge is 0.441 e. The molecule has 1 aromatic carbocycles. The second kappa shape index (κ2) is 7.05. The molecule has 2 aliphatic heterocycles. The first-order valence-corrected chi connectivity index (χ1v) is 9.13. The van der Waals surface area contributed by atoms with Crippen LogP contribution in [-0.4, -0.2) is 52.6 Å². The Hall–Kier alpha value is -2.26. The van der Waals surface area contributed by atoms with Crippen LogP contribution in [0.2, 0.25) is 0 Å². The zero-order valence-electron chi connectivity index (χ0n) is 14.2. The predicted molar refractivity (Wildman–Crippen MR) is 92.7 cm³/mol. The van der Waals surface area contributed by atoms with Crippen molar-refractivity contribution >= 4 is 23.5 Å². The number of ether oxygens (including phenoxy) is 1. The van der Waals surface area contributed by atoms with Gasteiger partial charge in [0.05, 0.1) is 22.8 Å². The van der Waals surface area contributed by atoms with Gasteiger partial charge in [-0.15, -0.1) is 11.8 Å². The fourth-order valence-electron chi connectivity index (χ4n) is 3.02. The lowest BCUT2D eigenvalue weighted by molar-refractivity contribution is -0.289. The minimum absolute atomic E-state index is 0.00303. The van der Waals surface area contributed by atoms with Gasteiger partial charge >= 0.3 is 12.1 Å². The summed E-state index contributed by atoms with van der Waals surface area (Å²) in [5.74, 6) is -1.61. The van der Waals surface area contributed by atoms with Crippen molar-refractivity contribution in [2.75, 3.05) is 18.9 Å². The van der Waals surface area contributed by atoms with Crippen LogP contribution in [0.15, 0.2) is 52.6 Å². The molecule has 0 amide bonds. The predicted octanol–water partition coefficient (Wildman–Crippen LogP) is 2.88. The van der Waals surface area contributed by atoms with Crippen molar-refractivity contribution in [3.63, 3.8) is 0 Å². The number of ketones is 1. The zero-order chi connectivity index (χ0) is 19.8. The van der Waals surface area contributed by atoms with Gasteiger partial charge in [0.25, 0.3) is 5.72 Å². The molecule has 0 spiro atoms. The third-order valence-electron chi connectivity index (χ3n) is 4.26. The summed E-state index contributed by atoms with van der Waals surface area (Å²) in [5, 5.41) is 10.6. The highest BCUT2D eigenvalue weighted by Gasteiger charge is 2.65. The van der Waals surface area contributed by atoms with Crippen molar-refractivity contribution in [3.8, 4) is 0 Å². The third-order valence-corrected chi connectivity index (χ3v) is 5.36. The number of hydrogen-bond acceptors (Lipinski definition) is 6. The van der Waals surface area contributed by atoms with E-state index < -0.39 is 29.2 Å². The zero-order valence-corrected chi connectivity index (χ0v) is 15.1. The molecule has 1 aromatic rings. The van der Waals surface area contributed by atoms with E-state index >= 15 is 0 Å². The standard InChI is InChI=1S/C18H16F3NO4S/c1-2-26-16(24)13-10-12(14(23)11-6-4-3-5-7-11)15-22(8-9-27-15)17(13,25)18(19,20)21/h3-7,10,25H,2,8-9H2,1H3. The molecule has 0 radical (unpaired) electrons. The molecular formula is C18H16F3NO4S. The Morgan fingerprint density at radius 1 is 1.30 bits per heavy atom. The summed E-state index contributed by atoms with van der Waals surface area (Å²) in [6, 6.07) is 8.02. The highest BCUT2D eigenvalue weighted by Crippen LogP contribution is 2.50. The second-order valence-electron chi connectivity index (χ2n) is 5.86. The molecular weight excluding hydrogens is 383 g/mol. The van der Waals surface area contributed by atoms with Gasteiger partial charge in [-0.25, -0.2) is 4.79 Å². The van der Waals surface area contributed by atoms with E-state index in [9.17, 15) is 27.9 Å². The van der Waals surface area contributed by atoms with E-state index in [-0.39, 0.29) is 35.1 Å². The molecule has 27 heavy (non-hydrogen) atoms. The summed E-state index contributed by atoms with van der Waals surface area (Å²) >= 11 is 1.03. The van der Waals surface area contributed by atoms with Gasteiger partial charge in [0.1, 0.15) is 0 Å². The van der Waals surface area contributed by atoms with E-state index in [1.807, 2.05) is 0 Å². The van der Waals surface area contributed by atoms with Gasteiger partial charge < -0.3 is 14.7 Å². The van der Waals surface area contributed by atoms with E-state index in [4.69, 9.17) is 4.74 Å². The van der Waals surface area contributed by atoms with E-state index in [0.717, 1.165) is 17.8 Å². The summed E-state index contributed by atoms with van der Waals surface area (Å²) < 4.78 is 46.1. The Morgan fingerprint density at radius 2 is 1.96 bits per heavy atom. The van der Waals surface area contributed by atoms with Gasteiger partial charge in [0.15, 0.2) is 5.78 Å². The van der Waals surface area contributed by atoms with Gasteiger partial charge in [-0.1, -0.05) is 30.3 Å². The molecule has 1 unspecified atom stereocenters. The summed E-state index contributed by atoms with van der Waals surface area (Å²) in [5.41, 5.74) is -4.36. The summed E-state index contributed by atoms with van der Waals surface area (Å²) in [6.45, 7) is 1.10. The number of Topliss-reactive ketones (excluding diaryl/α,β-unsaturated/α-hetero) is 1. The normalized spacial score (nSPS) is 22.4. The number of hydrogen-bond donors (Lipinski definition) is 1. The molecule has 0 aromatic heterocycles. The fourth-order valence-corrected chi connectivity index (χ4v) is 4.17. The quantitative estimate of drug-likeness (QED) is 0.620. The lowest BCUT2D eigenvalue weighted by Gasteiger charge is -2.43. The molecule has 0 saturated carbocycles.